The molecule has 1 fully saturated rings. The molecule has 0 saturated carbocycles. The Balaban J connectivity index is 1.95. The molecular weight excluding hydrogens is 346 g/mol. The summed E-state index contributed by atoms with van der Waals surface area (Å²) >= 11 is 1.65. The summed E-state index contributed by atoms with van der Waals surface area (Å²) in [5.74, 6) is 1.12. The second-order valence-corrected chi connectivity index (χ2v) is 9.23. The normalized spacial score (nSPS) is 19.7. The number of hydrogen-bond acceptors (Lipinski definition) is 5. The number of rotatable bonds is 6. The number of sulfonamides is 1. The van der Waals surface area contributed by atoms with E-state index in [0.29, 0.717) is 26.2 Å². The van der Waals surface area contributed by atoms with E-state index < -0.39 is 10.0 Å². The molecule has 0 bridgehead atoms. The number of aromatic nitrogens is 1. The summed E-state index contributed by atoms with van der Waals surface area (Å²) in [5.41, 5.74) is 1.04. The van der Waals surface area contributed by atoms with Crippen molar-refractivity contribution in [2.75, 3.05) is 39.5 Å². The summed E-state index contributed by atoms with van der Waals surface area (Å²) < 4.78 is 24.7. The van der Waals surface area contributed by atoms with E-state index in [1.165, 1.54) is 6.26 Å². The first kappa shape index (κ1) is 19.1. The molecule has 1 N–H and O–H groups in total. The highest BCUT2D eigenvalue weighted by Crippen LogP contribution is 2.19. The van der Waals surface area contributed by atoms with Crippen LogP contribution in [0.2, 0.25) is 0 Å². The van der Waals surface area contributed by atoms with Crippen molar-refractivity contribution in [3.05, 3.63) is 16.1 Å². The van der Waals surface area contributed by atoms with E-state index in [4.69, 9.17) is 4.99 Å². The Morgan fingerprint density at radius 1 is 1.58 bits per heavy atom. The van der Waals surface area contributed by atoms with Crippen LogP contribution >= 0.6 is 11.3 Å². The largest absolute Gasteiger partial charge is 0.357 e. The highest BCUT2D eigenvalue weighted by molar-refractivity contribution is 7.88. The zero-order valence-corrected chi connectivity index (χ0v) is 16.5. The minimum absolute atomic E-state index is 0.281. The van der Waals surface area contributed by atoms with Gasteiger partial charge in [0.2, 0.25) is 10.0 Å². The van der Waals surface area contributed by atoms with Crippen LogP contribution < -0.4 is 5.32 Å². The van der Waals surface area contributed by atoms with Gasteiger partial charge < -0.3 is 10.2 Å². The Morgan fingerprint density at radius 2 is 2.33 bits per heavy atom. The lowest BCUT2D eigenvalue weighted by atomic mass is 10.1. The Hall–Kier alpha value is -1.19. The van der Waals surface area contributed by atoms with Gasteiger partial charge in [-0.05, 0) is 26.2 Å². The minimum Gasteiger partial charge on any atom is -0.357 e. The first-order valence-corrected chi connectivity index (χ1v) is 10.9. The van der Waals surface area contributed by atoms with Crippen molar-refractivity contribution in [2.24, 2.45) is 10.9 Å². The molecule has 136 valence electrons. The Morgan fingerprint density at radius 3 is 2.88 bits per heavy atom. The van der Waals surface area contributed by atoms with Gasteiger partial charge in [-0.2, -0.15) is 0 Å². The number of guanidine groups is 1. The molecular formula is C15H27N5O2S2. The molecule has 1 atom stereocenters. The topological polar surface area (TPSA) is 77.9 Å². The molecule has 1 aromatic heterocycles. The first-order valence-electron chi connectivity index (χ1n) is 8.15. The van der Waals surface area contributed by atoms with Gasteiger partial charge >= 0.3 is 0 Å². The van der Waals surface area contributed by atoms with Crippen LogP contribution in [-0.4, -0.2) is 68.0 Å². The predicted molar refractivity (Wildman–Crippen MR) is 98.8 cm³/mol. The molecule has 7 nitrogen and oxygen atoms in total. The summed E-state index contributed by atoms with van der Waals surface area (Å²) in [6.07, 6.45) is 2.14. The van der Waals surface area contributed by atoms with Crippen LogP contribution in [-0.2, 0) is 16.6 Å². The van der Waals surface area contributed by atoms with E-state index in [9.17, 15) is 8.42 Å². The van der Waals surface area contributed by atoms with Gasteiger partial charge in [0.15, 0.2) is 5.96 Å². The number of aliphatic imine (C=N–C) groups is 1. The third-order valence-electron chi connectivity index (χ3n) is 3.98. The summed E-state index contributed by atoms with van der Waals surface area (Å²) in [6, 6.07) is 0. The lowest BCUT2D eigenvalue weighted by Crippen LogP contribution is -2.39. The molecule has 0 aliphatic carbocycles. The average molecular weight is 374 g/mol. The van der Waals surface area contributed by atoms with Crippen molar-refractivity contribution < 1.29 is 8.42 Å². The average Bonchev–Trinajstić information content (AvgIpc) is 3.12. The zero-order valence-electron chi connectivity index (χ0n) is 14.8. The molecule has 1 aliphatic rings. The SMILES string of the molecule is CCNC(=NCC1CCN(S(C)(=O)=O)C1)N(C)Cc1csc(C)n1. The lowest BCUT2D eigenvalue weighted by molar-refractivity contribution is 0.454. The van der Waals surface area contributed by atoms with Gasteiger partial charge in [-0.3, -0.25) is 4.99 Å². The van der Waals surface area contributed by atoms with Crippen molar-refractivity contribution in [3.63, 3.8) is 0 Å². The van der Waals surface area contributed by atoms with Crippen molar-refractivity contribution >= 4 is 27.3 Å². The van der Waals surface area contributed by atoms with Gasteiger partial charge in [0.05, 0.1) is 23.5 Å². The Labute approximate surface area is 148 Å². The summed E-state index contributed by atoms with van der Waals surface area (Å²) in [7, 11) is -1.09. The third-order valence-corrected chi connectivity index (χ3v) is 6.07. The molecule has 0 radical (unpaired) electrons. The van der Waals surface area contributed by atoms with Gasteiger partial charge in [0, 0.05) is 38.6 Å². The van der Waals surface area contributed by atoms with E-state index in [0.717, 1.165) is 29.6 Å². The summed E-state index contributed by atoms with van der Waals surface area (Å²) in [5, 5.41) is 6.42. The van der Waals surface area contributed by atoms with Crippen LogP contribution in [0.5, 0.6) is 0 Å². The number of thiazole rings is 1. The van der Waals surface area contributed by atoms with Crippen LogP contribution in [0.3, 0.4) is 0 Å². The molecule has 0 spiro atoms. The predicted octanol–water partition coefficient (Wildman–Crippen LogP) is 1.13. The van der Waals surface area contributed by atoms with Crippen molar-refractivity contribution in [2.45, 2.75) is 26.8 Å². The minimum atomic E-state index is -3.09. The molecule has 1 saturated heterocycles. The first-order chi connectivity index (χ1) is 11.3. The van der Waals surface area contributed by atoms with Crippen LogP contribution in [0.25, 0.3) is 0 Å². The Kier molecular flexibility index (Phi) is 6.59. The zero-order chi connectivity index (χ0) is 17.7. The summed E-state index contributed by atoms with van der Waals surface area (Å²) in [6.45, 7) is 7.34. The van der Waals surface area contributed by atoms with E-state index in [1.54, 1.807) is 15.6 Å². The van der Waals surface area contributed by atoms with Crippen LogP contribution in [0, 0.1) is 12.8 Å². The number of nitrogens with one attached hydrogen (secondary N) is 1. The molecule has 1 unspecified atom stereocenters. The van der Waals surface area contributed by atoms with Gasteiger partial charge in [0.1, 0.15) is 0 Å². The second-order valence-electron chi connectivity index (χ2n) is 6.18. The Bertz CT molecular complexity index is 671. The van der Waals surface area contributed by atoms with E-state index in [2.05, 4.69) is 20.6 Å². The van der Waals surface area contributed by atoms with Gasteiger partial charge in [-0.25, -0.2) is 17.7 Å². The third kappa shape index (κ3) is 5.42. The van der Waals surface area contributed by atoms with Crippen LogP contribution in [0.1, 0.15) is 24.0 Å². The van der Waals surface area contributed by atoms with Crippen molar-refractivity contribution in [3.8, 4) is 0 Å². The van der Waals surface area contributed by atoms with Crippen LogP contribution in [0.15, 0.2) is 10.4 Å². The molecule has 24 heavy (non-hydrogen) atoms. The number of nitrogens with zero attached hydrogens (tertiary/aromatic N) is 4. The molecule has 9 heteroatoms. The maximum absolute atomic E-state index is 11.6. The monoisotopic (exact) mass is 373 g/mol. The fourth-order valence-electron chi connectivity index (χ4n) is 2.73. The van der Waals surface area contributed by atoms with E-state index >= 15 is 0 Å². The maximum atomic E-state index is 11.6. The molecule has 2 heterocycles. The highest BCUT2D eigenvalue weighted by Gasteiger charge is 2.28. The van der Waals surface area contributed by atoms with Crippen molar-refractivity contribution in [1.29, 1.82) is 0 Å². The maximum Gasteiger partial charge on any atom is 0.211 e. The van der Waals surface area contributed by atoms with Gasteiger partial charge in [-0.15, -0.1) is 11.3 Å². The highest BCUT2D eigenvalue weighted by atomic mass is 32.2. The fourth-order valence-corrected chi connectivity index (χ4v) is 4.25. The molecule has 1 aromatic rings. The van der Waals surface area contributed by atoms with Crippen molar-refractivity contribution in [1.82, 2.24) is 19.5 Å². The smallest absolute Gasteiger partial charge is 0.211 e. The molecule has 1 aliphatic heterocycles. The lowest BCUT2D eigenvalue weighted by Gasteiger charge is -2.21. The number of aryl methyl sites for hydroxylation is 1. The van der Waals surface area contributed by atoms with E-state index in [1.807, 2.05) is 20.9 Å². The van der Waals surface area contributed by atoms with Gasteiger partial charge in [-0.1, -0.05) is 0 Å². The molecule has 0 amide bonds. The molecule has 2 rings (SSSR count). The van der Waals surface area contributed by atoms with Gasteiger partial charge in [0.25, 0.3) is 0 Å². The number of hydrogen-bond donors (Lipinski definition) is 1. The molecule has 0 aromatic carbocycles. The summed E-state index contributed by atoms with van der Waals surface area (Å²) in [4.78, 5) is 11.2. The quantitative estimate of drug-likeness (QED) is 0.597. The van der Waals surface area contributed by atoms with Crippen LogP contribution in [0.4, 0.5) is 0 Å². The van der Waals surface area contributed by atoms with E-state index in [-0.39, 0.29) is 5.92 Å². The second kappa shape index (κ2) is 8.26. The fraction of sp³-hybridized carbons (Fsp3) is 0.733. The standard InChI is InChI=1S/C15H27N5O2S2/c1-5-16-15(19(3)10-14-11-23-12(2)18-14)17-8-13-6-7-20(9-13)24(4,21)22/h11,13H,5-10H2,1-4H3,(H,16,17).